The standard InChI is InChI=1S/C22H20BrClN4O6/c1-4-12(2)21-26-17-6-5-14(23)9-15(17)22(30)27(21)25-10-13-7-16(24)20(18(8-13)28(31)32)34-11-19(29)33-3/h5-10,12H,4,11H2,1-3H3/t12-/m0/s1. The Morgan fingerprint density at radius 2 is 2.12 bits per heavy atom. The van der Waals surface area contributed by atoms with Crippen LogP contribution in [0, 0.1) is 10.1 Å². The molecule has 178 valence electrons. The SMILES string of the molecule is CC[C@H](C)c1nc2ccc(Br)cc2c(=O)n1N=Cc1cc(Cl)c(OCC(=O)OC)c([N+](=O)[O-])c1. The van der Waals surface area contributed by atoms with Crippen LogP contribution in [0.4, 0.5) is 5.69 Å². The second kappa shape index (κ2) is 10.7. The maximum absolute atomic E-state index is 13.2. The van der Waals surface area contributed by atoms with Crippen LogP contribution in [0.15, 0.2) is 44.7 Å². The molecule has 0 saturated carbocycles. The van der Waals surface area contributed by atoms with Crippen molar-refractivity contribution in [3.05, 3.63) is 71.7 Å². The summed E-state index contributed by atoms with van der Waals surface area (Å²) in [5.74, 6) is -0.616. The van der Waals surface area contributed by atoms with Crippen molar-refractivity contribution >= 4 is 56.3 Å². The van der Waals surface area contributed by atoms with E-state index in [-0.39, 0.29) is 27.8 Å². The highest BCUT2D eigenvalue weighted by molar-refractivity contribution is 9.10. The number of ether oxygens (including phenoxy) is 2. The van der Waals surface area contributed by atoms with Gasteiger partial charge in [-0.25, -0.2) is 9.78 Å². The van der Waals surface area contributed by atoms with Gasteiger partial charge in [-0.3, -0.25) is 14.9 Å². The molecule has 0 aliphatic rings. The van der Waals surface area contributed by atoms with Gasteiger partial charge in [0.2, 0.25) is 5.75 Å². The normalized spacial score (nSPS) is 12.1. The van der Waals surface area contributed by atoms with E-state index in [4.69, 9.17) is 16.3 Å². The lowest BCUT2D eigenvalue weighted by Gasteiger charge is -2.14. The quantitative estimate of drug-likeness (QED) is 0.172. The molecular weight excluding hydrogens is 532 g/mol. The minimum absolute atomic E-state index is 0.0788. The van der Waals surface area contributed by atoms with Gasteiger partial charge >= 0.3 is 11.7 Å². The molecule has 0 saturated heterocycles. The number of methoxy groups -OCH3 is 1. The van der Waals surface area contributed by atoms with Crippen LogP contribution >= 0.6 is 27.5 Å². The van der Waals surface area contributed by atoms with Gasteiger partial charge in [0.15, 0.2) is 6.61 Å². The Labute approximate surface area is 207 Å². The molecule has 3 rings (SSSR count). The van der Waals surface area contributed by atoms with E-state index in [1.165, 1.54) is 23.0 Å². The van der Waals surface area contributed by atoms with E-state index in [1.54, 1.807) is 18.2 Å². The molecule has 10 nitrogen and oxygen atoms in total. The number of aromatic nitrogens is 2. The molecule has 0 spiro atoms. The van der Waals surface area contributed by atoms with Gasteiger partial charge < -0.3 is 9.47 Å². The number of carbonyl (C=O) groups excluding carboxylic acids is 1. The molecule has 0 aliphatic carbocycles. The number of nitrogens with zero attached hydrogens (tertiary/aromatic N) is 4. The number of halogens is 2. The Morgan fingerprint density at radius 3 is 2.76 bits per heavy atom. The monoisotopic (exact) mass is 550 g/mol. The predicted molar refractivity (Wildman–Crippen MR) is 131 cm³/mol. The van der Waals surface area contributed by atoms with E-state index in [2.05, 4.69) is 30.8 Å². The third kappa shape index (κ3) is 5.42. The van der Waals surface area contributed by atoms with Crippen molar-refractivity contribution in [2.24, 2.45) is 5.10 Å². The topological polar surface area (TPSA) is 126 Å². The van der Waals surface area contributed by atoms with Gasteiger partial charge in [0.1, 0.15) is 5.82 Å². The molecule has 1 heterocycles. The number of rotatable bonds is 8. The highest BCUT2D eigenvalue weighted by Gasteiger charge is 2.22. The van der Waals surface area contributed by atoms with Crippen molar-refractivity contribution in [3.8, 4) is 5.75 Å². The summed E-state index contributed by atoms with van der Waals surface area (Å²) < 4.78 is 11.6. The molecule has 2 aromatic carbocycles. The third-order valence-electron chi connectivity index (χ3n) is 5.01. The Balaban J connectivity index is 2.10. The van der Waals surface area contributed by atoms with Crippen LogP contribution in [-0.4, -0.2) is 40.5 Å². The summed E-state index contributed by atoms with van der Waals surface area (Å²) in [6, 6.07) is 7.77. The molecule has 0 bridgehead atoms. The van der Waals surface area contributed by atoms with Crippen LogP contribution in [0.25, 0.3) is 10.9 Å². The van der Waals surface area contributed by atoms with Crippen molar-refractivity contribution in [1.82, 2.24) is 9.66 Å². The van der Waals surface area contributed by atoms with Crippen LogP contribution in [0.5, 0.6) is 5.75 Å². The summed E-state index contributed by atoms with van der Waals surface area (Å²) in [6.45, 7) is 3.34. The number of benzene rings is 2. The Hall–Kier alpha value is -3.31. The fraction of sp³-hybridized carbons (Fsp3) is 0.273. The van der Waals surface area contributed by atoms with E-state index in [0.717, 1.165) is 11.6 Å². The Morgan fingerprint density at radius 1 is 1.38 bits per heavy atom. The highest BCUT2D eigenvalue weighted by Crippen LogP contribution is 2.36. The number of carbonyl (C=O) groups is 1. The van der Waals surface area contributed by atoms with E-state index >= 15 is 0 Å². The maximum Gasteiger partial charge on any atom is 0.343 e. The minimum Gasteiger partial charge on any atom is -0.474 e. The molecule has 0 unspecified atom stereocenters. The largest absolute Gasteiger partial charge is 0.474 e. The molecule has 0 amide bonds. The first-order valence-corrected chi connectivity index (χ1v) is 11.3. The van der Waals surface area contributed by atoms with Gasteiger partial charge in [0, 0.05) is 22.0 Å². The number of esters is 1. The van der Waals surface area contributed by atoms with Gasteiger partial charge in [-0.15, -0.1) is 0 Å². The van der Waals surface area contributed by atoms with Crippen molar-refractivity contribution in [2.45, 2.75) is 26.2 Å². The molecule has 3 aromatic rings. The van der Waals surface area contributed by atoms with Crippen LogP contribution in [-0.2, 0) is 9.53 Å². The van der Waals surface area contributed by atoms with Crippen LogP contribution in [0.2, 0.25) is 5.02 Å². The molecule has 0 aliphatic heterocycles. The Bertz CT molecular complexity index is 1360. The number of nitro groups is 1. The molecule has 34 heavy (non-hydrogen) atoms. The summed E-state index contributed by atoms with van der Waals surface area (Å²) in [5, 5.41) is 16.1. The first-order chi connectivity index (χ1) is 16.2. The van der Waals surface area contributed by atoms with E-state index < -0.39 is 23.2 Å². The van der Waals surface area contributed by atoms with E-state index in [1.807, 2.05) is 13.8 Å². The zero-order chi connectivity index (χ0) is 25.0. The molecule has 0 fully saturated rings. The second-order valence-electron chi connectivity index (χ2n) is 7.28. The van der Waals surface area contributed by atoms with Gasteiger partial charge in [-0.05, 0) is 30.7 Å². The zero-order valence-electron chi connectivity index (χ0n) is 18.4. The molecule has 1 aromatic heterocycles. The Kier molecular flexibility index (Phi) is 8.00. The summed E-state index contributed by atoms with van der Waals surface area (Å²) >= 11 is 9.55. The predicted octanol–water partition coefficient (Wildman–Crippen LogP) is 4.67. The lowest BCUT2D eigenvalue weighted by Crippen LogP contribution is -2.23. The van der Waals surface area contributed by atoms with E-state index in [9.17, 15) is 19.7 Å². The van der Waals surface area contributed by atoms with Crippen molar-refractivity contribution in [1.29, 1.82) is 0 Å². The number of nitro benzene ring substituents is 1. The van der Waals surface area contributed by atoms with Gasteiger partial charge in [0.25, 0.3) is 5.56 Å². The molecule has 0 N–H and O–H groups in total. The number of fused-ring (bicyclic) bond motifs is 1. The van der Waals surface area contributed by atoms with Crippen molar-refractivity contribution in [2.75, 3.05) is 13.7 Å². The van der Waals surface area contributed by atoms with Gasteiger partial charge in [-0.2, -0.15) is 9.78 Å². The van der Waals surface area contributed by atoms with Crippen molar-refractivity contribution < 1.29 is 19.2 Å². The highest BCUT2D eigenvalue weighted by atomic mass is 79.9. The van der Waals surface area contributed by atoms with Crippen LogP contribution in [0.3, 0.4) is 0 Å². The number of hydrogen-bond acceptors (Lipinski definition) is 8. The van der Waals surface area contributed by atoms with Gasteiger partial charge in [-0.1, -0.05) is 41.4 Å². The van der Waals surface area contributed by atoms with E-state index in [0.29, 0.717) is 23.1 Å². The summed E-state index contributed by atoms with van der Waals surface area (Å²) in [6.07, 6.45) is 2.00. The average molecular weight is 552 g/mol. The molecule has 1 atom stereocenters. The second-order valence-corrected chi connectivity index (χ2v) is 8.60. The fourth-order valence-corrected chi connectivity index (χ4v) is 3.68. The lowest BCUT2D eigenvalue weighted by atomic mass is 10.1. The summed E-state index contributed by atoms with van der Waals surface area (Å²) in [7, 11) is 1.16. The fourth-order valence-electron chi connectivity index (χ4n) is 3.05. The molecule has 12 heteroatoms. The first kappa shape index (κ1) is 25.3. The average Bonchev–Trinajstić information content (AvgIpc) is 2.81. The lowest BCUT2D eigenvalue weighted by molar-refractivity contribution is -0.385. The summed E-state index contributed by atoms with van der Waals surface area (Å²) in [5.41, 5.74) is -0.0522. The number of hydrogen-bond donors (Lipinski definition) is 0. The summed E-state index contributed by atoms with van der Waals surface area (Å²) in [4.78, 5) is 40.0. The molecule has 0 radical (unpaired) electrons. The maximum atomic E-state index is 13.2. The van der Waals surface area contributed by atoms with Gasteiger partial charge in [0.05, 0.1) is 34.2 Å². The minimum atomic E-state index is -0.719. The van der Waals surface area contributed by atoms with Crippen LogP contribution < -0.4 is 10.3 Å². The zero-order valence-corrected chi connectivity index (χ0v) is 20.8. The first-order valence-electron chi connectivity index (χ1n) is 10.1. The van der Waals surface area contributed by atoms with Crippen LogP contribution in [0.1, 0.15) is 37.6 Å². The van der Waals surface area contributed by atoms with Crippen molar-refractivity contribution in [3.63, 3.8) is 0 Å². The smallest absolute Gasteiger partial charge is 0.343 e. The molecular formula is C22H20BrClN4O6. The third-order valence-corrected chi connectivity index (χ3v) is 5.79.